The van der Waals surface area contributed by atoms with E-state index in [0.29, 0.717) is 17.3 Å². The van der Waals surface area contributed by atoms with Gasteiger partial charge in [0.25, 0.3) is 5.69 Å². The van der Waals surface area contributed by atoms with Crippen molar-refractivity contribution in [1.82, 2.24) is 9.78 Å². The lowest BCUT2D eigenvalue weighted by Crippen LogP contribution is -2.05. The number of nitro benzene ring substituents is 1. The molecule has 0 bridgehead atoms. The smallest absolute Gasteiger partial charge is 0.271 e. The Kier molecular flexibility index (Phi) is 4.01. The Balaban J connectivity index is 1.94. The molecule has 1 aromatic carbocycles. The van der Waals surface area contributed by atoms with E-state index in [9.17, 15) is 10.1 Å². The number of hydrogen-bond donors (Lipinski definition) is 1. The Hall–Kier alpha value is -2.08. The topological polar surface area (TPSA) is 73.0 Å². The Labute approximate surface area is 115 Å². The maximum absolute atomic E-state index is 10.6. The standard InChI is InChI=1S/C12H13ClN4O2/c1-16-8-9(7-15-16)4-5-14-12-3-2-10(17(18)19)6-11(12)13/h2-3,6-8,14H,4-5H2,1H3. The average molecular weight is 281 g/mol. The molecule has 2 aromatic rings. The van der Waals surface area contributed by atoms with Crippen LogP contribution in [0.3, 0.4) is 0 Å². The maximum atomic E-state index is 10.6. The van der Waals surface area contributed by atoms with Crippen LogP contribution in [0.15, 0.2) is 30.6 Å². The van der Waals surface area contributed by atoms with Crippen LogP contribution < -0.4 is 5.32 Å². The highest BCUT2D eigenvalue weighted by Crippen LogP contribution is 2.26. The van der Waals surface area contributed by atoms with Crippen LogP contribution >= 0.6 is 11.6 Å². The zero-order valence-electron chi connectivity index (χ0n) is 10.3. The van der Waals surface area contributed by atoms with Crippen LogP contribution in [0.5, 0.6) is 0 Å². The lowest BCUT2D eigenvalue weighted by Gasteiger charge is -2.07. The van der Waals surface area contributed by atoms with Crippen molar-refractivity contribution in [2.24, 2.45) is 7.05 Å². The molecule has 0 saturated heterocycles. The Morgan fingerprint density at radius 3 is 2.89 bits per heavy atom. The molecule has 100 valence electrons. The number of aryl methyl sites for hydroxylation is 1. The molecule has 0 amide bonds. The molecule has 0 atom stereocenters. The zero-order chi connectivity index (χ0) is 13.8. The quantitative estimate of drug-likeness (QED) is 0.675. The molecular formula is C12H13ClN4O2. The summed E-state index contributed by atoms with van der Waals surface area (Å²) in [7, 11) is 1.87. The third-order valence-corrected chi connectivity index (χ3v) is 2.96. The second-order valence-corrected chi connectivity index (χ2v) is 4.53. The summed E-state index contributed by atoms with van der Waals surface area (Å²) < 4.78 is 1.74. The Morgan fingerprint density at radius 1 is 1.53 bits per heavy atom. The van der Waals surface area contributed by atoms with Crippen molar-refractivity contribution >= 4 is 23.0 Å². The molecule has 0 aliphatic heterocycles. The van der Waals surface area contributed by atoms with Crippen LogP contribution in [0.25, 0.3) is 0 Å². The summed E-state index contributed by atoms with van der Waals surface area (Å²) >= 11 is 5.98. The first kappa shape index (κ1) is 13.4. The van der Waals surface area contributed by atoms with Gasteiger partial charge in [0, 0.05) is 31.9 Å². The number of aromatic nitrogens is 2. The van der Waals surface area contributed by atoms with Gasteiger partial charge in [-0.1, -0.05) is 11.6 Å². The number of anilines is 1. The number of non-ortho nitro benzene ring substituents is 1. The number of halogens is 1. The average Bonchev–Trinajstić information content (AvgIpc) is 2.77. The molecule has 1 heterocycles. The third-order valence-electron chi connectivity index (χ3n) is 2.65. The number of hydrogen-bond acceptors (Lipinski definition) is 4. The monoisotopic (exact) mass is 280 g/mol. The van der Waals surface area contributed by atoms with Crippen molar-refractivity contribution in [3.8, 4) is 0 Å². The first-order valence-corrected chi connectivity index (χ1v) is 6.09. The van der Waals surface area contributed by atoms with E-state index >= 15 is 0 Å². The second kappa shape index (κ2) is 5.71. The van der Waals surface area contributed by atoms with Crippen molar-refractivity contribution in [3.63, 3.8) is 0 Å². The maximum Gasteiger partial charge on any atom is 0.271 e. The van der Waals surface area contributed by atoms with Crippen LogP contribution in [-0.2, 0) is 13.5 Å². The highest BCUT2D eigenvalue weighted by Gasteiger charge is 2.08. The van der Waals surface area contributed by atoms with Gasteiger partial charge in [-0.15, -0.1) is 0 Å². The largest absolute Gasteiger partial charge is 0.384 e. The fourth-order valence-corrected chi connectivity index (χ4v) is 1.95. The first-order valence-electron chi connectivity index (χ1n) is 5.71. The van der Waals surface area contributed by atoms with Gasteiger partial charge in [0.05, 0.1) is 21.8 Å². The van der Waals surface area contributed by atoms with Crippen LogP contribution in [0, 0.1) is 10.1 Å². The Morgan fingerprint density at radius 2 is 2.32 bits per heavy atom. The van der Waals surface area contributed by atoms with Gasteiger partial charge < -0.3 is 5.32 Å². The lowest BCUT2D eigenvalue weighted by atomic mass is 10.2. The molecule has 1 aromatic heterocycles. The molecule has 0 unspecified atom stereocenters. The molecule has 0 fully saturated rings. The number of nitrogens with zero attached hydrogens (tertiary/aromatic N) is 3. The molecule has 0 aliphatic rings. The zero-order valence-corrected chi connectivity index (χ0v) is 11.1. The van der Waals surface area contributed by atoms with Crippen LogP contribution in [0.1, 0.15) is 5.56 Å². The summed E-state index contributed by atoms with van der Waals surface area (Å²) in [6.45, 7) is 0.684. The number of nitrogens with one attached hydrogen (secondary N) is 1. The van der Waals surface area contributed by atoms with E-state index in [1.165, 1.54) is 12.1 Å². The van der Waals surface area contributed by atoms with Crippen LogP contribution in [0.4, 0.5) is 11.4 Å². The minimum atomic E-state index is -0.467. The van der Waals surface area contributed by atoms with Crippen molar-refractivity contribution in [1.29, 1.82) is 0 Å². The van der Waals surface area contributed by atoms with Crippen molar-refractivity contribution in [2.75, 3.05) is 11.9 Å². The third kappa shape index (κ3) is 3.45. The van der Waals surface area contributed by atoms with Gasteiger partial charge in [0.1, 0.15) is 0 Å². The minimum Gasteiger partial charge on any atom is -0.384 e. The molecule has 0 spiro atoms. The Bertz CT molecular complexity index is 597. The fourth-order valence-electron chi connectivity index (χ4n) is 1.70. The van der Waals surface area contributed by atoms with Gasteiger partial charge in [-0.25, -0.2) is 0 Å². The number of rotatable bonds is 5. The van der Waals surface area contributed by atoms with E-state index in [-0.39, 0.29) is 5.69 Å². The van der Waals surface area contributed by atoms with Crippen LogP contribution in [-0.4, -0.2) is 21.2 Å². The van der Waals surface area contributed by atoms with E-state index in [1.807, 2.05) is 13.2 Å². The number of benzene rings is 1. The van der Waals surface area contributed by atoms with Crippen molar-refractivity contribution in [2.45, 2.75) is 6.42 Å². The van der Waals surface area contributed by atoms with Crippen molar-refractivity contribution < 1.29 is 4.92 Å². The summed E-state index contributed by atoms with van der Waals surface area (Å²) in [6, 6.07) is 4.38. The highest BCUT2D eigenvalue weighted by atomic mass is 35.5. The van der Waals surface area contributed by atoms with Gasteiger partial charge in [-0.2, -0.15) is 5.10 Å². The summed E-state index contributed by atoms with van der Waals surface area (Å²) in [5, 5.41) is 18.2. The predicted octanol–water partition coefficient (Wildman–Crippen LogP) is 2.64. The molecule has 1 N–H and O–H groups in total. The summed E-state index contributed by atoms with van der Waals surface area (Å²) in [4.78, 5) is 10.1. The van der Waals surface area contributed by atoms with E-state index in [1.54, 1.807) is 16.9 Å². The normalized spacial score (nSPS) is 10.4. The van der Waals surface area contributed by atoms with E-state index < -0.39 is 4.92 Å². The number of nitro groups is 1. The van der Waals surface area contributed by atoms with Gasteiger partial charge in [-0.05, 0) is 18.1 Å². The predicted molar refractivity (Wildman–Crippen MR) is 73.5 cm³/mol. The molecule has 0 saturated carbocycles. The van der Waals surface area contributed by atoms with Crippen LogP contribution in [0.2, 0.25) is 5.02 Å². The van der Waals surface area contributed by atoms with E-state index in [0.717, 1.165) is 12.0 Å². The molecule has 0 radical (unpaired) electrons. The van der Waals surface area contributed by atoms with Gasteiger partial charge in [0.15, 0.2) is 0 Å². The lowest BCUT2D eigenvalue weighted by molar-refractivity contribution is -0.384. The van der Waals surface area contributed by atoms with Gasteiger partial charge >= 0.3 is 0 Å². The van der Waals surface area contributed by atoms with E-state index in [4.69, 9.17) is 11.6 Å². The van der Waals surface area contributed by atoms with Gasteiger partial charge in [-0.3, -0.25) is 14.8 Å². The molecule has 0 aliphatic carbocycles. The first-order chi connectivity index (χ1) is 9.06. The molecule has 2 rings (SSSR count). The fraction of sp³-hybridized carbons (Fsp3) is 0.250. The minimum absolute atomic E-state index is 0.0113. The highest BCUT2D eigenvalue weighted by molar-refractivity contribution is 6.33. The molecule has 19 heavy (non-hydrogen) atoms. The molecule has 7 heteroatoms. The van der Waals surface area contributed by atoms with E-state index in [2.05, 4.69) is 10.4 Å². The summed E-state index contributed by atoms with van der Waals surface area (Å²) in [5.74, 6) is 0. The molecule has 6 nitrogen and oxygen atoms in total. The van der Waals surface area contributed by atoms with Crippen molar-refractivity contribution in [3.05, 3.63) is 51.3 Å². The second-order valence-electron chi connectivity index (χ2n) is 4.12. The van der Waals surface area contributed by atoms with Gasteiger partial charge in [0.2, 0.25) is 0 Å². The SMILES string of the molecule is Cn1cc(CCNc2ccc([N+](=O)[O-])cc2Cl)cn1. The molecular weight excluding hydrogens is 268 g/mol. The summed E-state index contributed by atoms with van der Waals surface area (Å²) in [6.07, 6.45) is 4.55. The summed E-state index contributed by atoms with van der Waals surface area (Å²) in [5.41, 5.74) is 1.80.